The largest absolute Gasteiger partial charge is 0.311 e. The first-order valence-electron chi connectivity index (χ1n) is 8.42. The van der Waals surface area contributed by atoms with Crippen LogP contribution < -0.4 is 5.32 Å². The SMILES string of the molecule is CCc1cc(CC2(C(C)C)CCCCCN2)n(CC)n1. The molecule has 1 unspecified atom stereocenters. The van der Waals surface area contributed by atoms with E-state index in [1.54, 1.807) is 0 Å². The van der Waals surface area contributed by atoms with Crippen molar-refractivity contribution in [2.75, 3.05) is 6.54 Å². The zero-order valence-corrected chi connectivity index (χ0v) is 13.7. The highest BCUT2D eigenvalue weighted by Gasteiger charge is 2.35. The van der Waals surface area contributed by atoms with E-state index in [4.69, 9.17) is 5.10 Å². The lowest BCUT2D eigenvalue weighted by molar-refractivity contribution is 0.221. The van der Waals surface area contributed by atoms with E-state index in [9.17, 15) is 0 Å². The molecule has 0 amide bonds. The zero-order valence-electron chi connectivity index (χ0n) is 13.7. The minimum atomic E-state index is 0.258. The summed E-state index contributed by atoms with van der Waals surface area (Å²) in [5, 5.41) is 8.60. The Balaban J connectivity index is 2.25. The normalized spacial score (nSPS) is 24.1. The van der Waals surface area contributed by atoms with Crippen LogP contribution in [0.15, 0.2) is 6.07 Å². The smallest absolute Gasteiger partial charge is 0.0624 e. The molecule has 1 fully saturated rings. The van der Waals surface area contributed by atoms with E-state index in [0.29, 0.717) is 5.92 Å². The van der Waals surface area contributed by atoms with E-state index in [-0.39, 0.29) is 5.54 Å². The van der Waals surface area contributed by atoms with Gasteiger partial charge in [0, 0.05) is 24.2 Å². The van der Waals surface area contributed by atoms with Crippen LogP contribution >= 0.6 is 0 Å². The van der Waals surface area contributed by atoms with Gasteiger partial charge in [-0.1, -0.05) is 33.6 Å². The molecule has 3 nitrogen and oxygen atoms in total. The Bertz CT molecular complexity index is 412. The maximum Gasteiger partial charge on any atom is 0.0624 e. The molecule has 1 aliphatic rings. The molecule has 0 radical (unpaired) electrons. The van der Waals surface area contributed by atoms with Crippen molar-refractivity contribution in [1.29, 1.82) is 0 Å². The standard InChI is InChI=1S/C17H31N3/c1-5-15-12-16(20(6-2)19-15)13-17(14(3)4)10-8-7-9-11-18-17/h12,14,18H,5-11,13H2,1-4H3. The van der Waals surface area contributed by atoms with Crippen molar-refractivity contribution in [1.82, 2.24) is 15.1 Å². The lowest BCUT2D eigenvalue weighted by Gasteiger charge is -2.38. The Kier molecular flexibility index (Phi) is 5.25. The molecule has 20 heavy (non-hydrogen) atoms. The van der Waals surface area contributed by atoms with Gasteiger partial charge in [0.25, 0.3) is 0 Å². The predicted molar refractivity (Wildman–Crippen MR) is 85.0 cm³/mol. The Labute approximate surface area is 124 Å². The molecule has 114 valence electrons. The first-order chi connectivity index (χ1) is 9.61. The molecular weight excluding hydrogens is 246 g/mol. The highest BCUT2D eigenvalue weighted by Crippen LogP contribution is 2.30. The van der Waals surface area contributed by atoms with Crippen LogP contribution in [-0.4, -0.2) is 21.9 Å². The molecule has 2 heterocycles. The number of rotatable bonds is 5. The lowest BCUT2D eigenvalue weighted by Crippen LogP contribution is -2.51. The number of nitrogens with one attached hydrogen (secondary N) is 1. The first kappa shape index (κ1) is 15.6. The van der Waals surface area contributed by atoms with Gasteiger partial charge in [0.05, 0.1) is 5.69 Å². The van der Waals surface area contributed by atoms with Crippen molar-refractivity contribution in [2.24, 2.45) is 5.92 Å². The van der Waals surface area contributed by atoms with Gasteiger partial charge in [0.15, 0.2) is 0 Å². The quantitative estimate of drug-likeness (QED) is 0.891. The van der Waals surface area contributed by atoms with Gasteiger partial charge >= 0.3 is 0 Å². The predicted octanol–water partition coefficient (Wildman–Crippen LogP) is 3.57. The van der Waals surface area contributed by atoms with Crippen molar-refractivity contribution in [3.63, 3.8) is 0 Å². The topological polar surface area (TPSA) is 29.9 Å². The van der Waals surface area contributed by atoms with Gasteiger partial charge in [0.1, 0.15) is 0 Å². The van der Waals surface area contributed by atoms with Crippen LogP contribution in [0, 0.1) is 5.92 Å². The van der Waals surface area contributed by atoms with Crippen LogP contribution in [0.1, 0.15) is 64.8 Å². The van der Waals surface area contributed by atoms with Gasteiger partial charge in [-0.2, -0.15) is 5.10 Å². The Morgan fingerprint density at radius 1 is 1.30 bits per heavy atom. The summed E-state index contributed by atoms with van der Waals surface area (Å²) in [6.45, 7) is 11.3. The maximum atomic E-state index is 4.72. The van der Waals surface area contributed by atoms with E-state index in [0.717, 1.165) is 19.4 Å². The first-order valence-corrected chi connectivity index (χ1v) is 8.42. The van der Waals surface area contributed by atoms with Crippen molar-refractivity contribution in [3.8, 4) is 0 Å². The van der Waals surface area contributed by atoms with E-state index in [2.05, 4.69) is 43.8 Å². The summed E-state index contributed by atoms with van der Waals surface area (Å²) in [7, 11) is 0. The summed E-state index contributed by atoms with van der Waals surface area (Å²) in [6, 6.07) is 2.32. The molecule has 1 aliphatic heterocycles. The van der Waals surface area contributed by atoms with Gasteiger partial charge in [-0.15, -0.1) is 0 Å². The van der Waals surface area contributed by atoms with Crippen LogP contribution in [0.4, 0.5) is 0 Å². The summed E-state index contributed by atoms with van der Waals surface area (Å²) in [5.41, 5.74) is 2.90. The van der Waals surface area contributed by atoms with Gasteiger partial charge in [-0.05, 0) is 44.7 Å². The van der Waals surface area contributed by atoms with Crippen LogP contribution in [-0.2, 0) is 19.4 Å². The highest BCUT2D eigenvalue weighted by atomic mass is 15.3. The Morgan fingerprint density at radius 2 is 2.10 bits per heavy atom. The summed E-state index contributed by atoms with van der Waals surface area (Å²) < 4.78 is 2.20. The molecule has 3 heteroatoms. The molecule has 1 saturated heterocycles. The van der Waals surface area contributed by atoms with E-state index in [1.165, 1.54) is 43.6 Å². The van der Waals surface area contributed by atoms with Crippen LogP contribution in [0.3, 0.4) is 0 Å². The molecule has 0 spiro atoms. The lowest BCUT2D eigenvalue weighted by atomic mass is 9.78. The van der Waals surface area contributed by atoms with Gasteiger partial charge < -0.3 is 5.32 Å². The van der Waals surface area contributed by atoms with Gasteiger partial charge in [-0.25, -0.2) is 0 Å². The minimum Gasteiger partial charge on any atom is -0.311 e. The van der Waals surface area contributed by atoms with Crippen LogP contribution in [0.25, 0.3) is 0 Å². The summed E-state index contributed by atoms with van der Waals surface area (Å²) in [5.74, 6) is 0.658. The number of aryl methyl sites for hydroxylation is 2. The van der Waals surface area contributed by atoms with Crippen molar-refractivity contribution < 1.29 is 0 Å². The fraction of sp³-hybridized carbons (Fsp3) is 0.824. The molecule has 1 aromatic rings. The highest BCUT2D eigenvalue weighted by molar-refractivity contribution is 5.15. The number of hydrogen-bond donors (Lipinski definition) is 1. The third-order valence-electron chi connectivity index (χ3n) is 4.95. The zero-order chi connectivity index (χ0) is 14.6. The molecule has 2 rings (SSSR count). The maximum absolute atomic E-state index is 4.72. The average Bonchev–Trinajstić information content (AvgIpc) is 2.66. The van der Waals surface area contributed by atoms with Crippen LogP contribution in [0.2, 0.25) is 0 Å². The molecule has 1 aromatic heterocycles. The van der Waals surface area contributed by atoms with Crippen molar-refractivity contribution in [2.45, 2.75) is 78.3 Å². The summed E-state index contributed by atoms with van der Waals surface area (Å²) in [6.07, 6.45) is 7.48. The molecule has 0 bridgehead atoms. The molecule has 1 N–H and O–H groups in total. The number of nitrogens with zero attached hydrogens (tertiary/aromatic N) is 2. The monoisotopic (exact) mass is 277 g/mol. The Morgan fingerprint density at radius 3 is 2.75 bits per heavy atom. The fourth-order valence-electron chi connectivity index (χ4n) is 3.44. The summed E-state index contributed by atoms with van der Waals surface area (Å²) >= 11 is 0. The van der Waals surface area contributed by atoms with E-state index < -0.39 is 0 Å². The second kappa shape index (κ2) is 6.75. The third-order valence-corrected chi connectivity index (χ3v) is 4.95. The van der Waals surface area contributed by atoms with Crippen molar-refractivity contribution >= 4 is 0 Å². The van der Waals surface area contributed by atoms with Gasteiger partial charge in [0.2, 0.25) is 0 Å². The fourth-order valence-corrected chi connectivity index (χ4v) is 3.44. The van der Waals surface area contributed by atoms with Crippen molar-refractivity contribution in [3.05, 3.63) is 17.5 Å². The minimum absolute atomic E-state index is 0.258. The molecule has 0 aromatic carbocycles. The molecule has 1 atom stereocenters. The molecule has 0 aliphatic carbocycles. The molecule has 0 saturated carbocycles. The molecular formula is C17H31N3. The number of aromatic nitrogens is 2. The second-order valence-electron chi connectivity index (χ2n) is 6.52. The summed E-state index contributed by atoms with van der Waals surface area (Å²) in [4.78, 5) is 0. The van der Waals surface area contributed by atoms with E-state index in [1.807, 2.05) is 0 Å². The second-order valence-corrected chi connectivity index (χ2v) is 6.52. The third kappa shape index (κ3) is 3.25. The van der Waals surface area contributed by atoms with E-state index >= 15 is 0 Å². The average molecular weight is 277 g/mol. The van der Waals surface area contributed by atoms with Gasteiger partial charge in [-0.3, -0.25) is 4.68 Å². The number of hydrogen-bond acceptors (Lipinski definition) is 2. The van der Waals surface area contributed by atoms with Crippen LogP contribution in [0.5, 0.6) is 0 Å². The Hall–Kier alpha value is -0.830.